The molecule has 7 nitrogen and oxygen atoms in total. The Hall–Kier alpha value is -1.64. The largest absolute Gasteiger partial charge is 0.495 e. The predicted molar refractivity (Wildman–Crippen MR) is 96.8 cm³/mol. The van der Waals surface area contributed by atoms with Crippen molar-refractivity contribution in [2.75, 3.05) is 39.9 Å². The SMILES string of the molecule is COc1cc(C)c(C)cc1S(=O)(=O)N1CCN(C(=O)C2CCCO2)CC1. The summed E-state index contributed by atoms with van der Waals surface area (Å²) in [4.78, 5) is 14.3. The van der Waals surface area contributed by atoms with E-state index in [1.54, 1.807) is 17.0 Å². The van der Waals surface area contributed by atoms with E-state index in [1.165, 1.54) is 11.4 Å². The van der Waals surface area contributed by atoms with Crippen LogP contribution >= 0.6 is 0 Å². The molecule has 26 heavy (non-hydrogen) atoms. The lowest BCUT2D eigenvalue weighted by molar-refractivity contribution is -0.142. The number of piperazine rings is 1. The van der Waals surface area contributed by atoms with Gasteiger partial charge in [-0.2, -0.15) is 4.31 Å². The summed E-state index contributed by atoms with van der Waals surface area (Å²) in [5.41, 5.74) is 1.88. The normalized spacial score (nSPS) is 21.8. The van der Waals surface area contributed by atoms with Gasteiger partial charge in [-0.1, -0.05) is 0 Å². The van der Waals surface area contributed by atoms with Crippen molar-refractivity contribution >= 4 is 15.9 Å². The Morgan fingerprint density at radius 3 is 2.38 bits per heavy atom. The molecule has 144 valence electrons. The predicted octanol–water partition coefficient (Wildman–Crippen LogP) is 1.32. The number of aryl methyl sites for hydroxylation is 2. The molecule has 3 rings (SSSR count). The first kappa shape index (κ1) is 19.1. The van der Waals surface area contributed by atoms with Crippen LogP contribution in [0.1, 0.15) is 24.0 Å². The van der Waals surface area contributed by atoms with Crippen LogP contribution in [0, 0.1) is 13.8 Å². The molecule has 2 fully saturated rings. The second-order valence-electron chi connectivity index (χ2n) is 6.82. The van der Waals surface area contributed by atoms with Crippen molar-refractivity contribution in [2.45, 2.75) is 37.7 Å². The summed E-state index contributed by atoms with van der Waals surface area (Å²) in [5.74, 6) is 0.328. The molecule has 0 radical (unpaired) electrons. The second kappa shape index (κ2) is 7.54. The summed E-state index contributed by atoms with van der Waals surface area (Å²) >= 11 is 0. The number of carbonyl (C=O) groups is 1. The zero-order valence-electron chi connectivity index (χ0n) is 15.5. The Labute approximate surface area is 154 Å². The number of carbonyl (C=O) groups excluding carboxylic acids is 1. The van der Waals surface area contributed by atoms with Gasteiger partial charge in [-0.05, 0) is 49.9 Å². The number of ether oxygens (including phenoxy) is 2. The molecule has 1 unspecified atom stereocenters. The molecule has 1 aromatic rings. The standard InChI is InChI=1S/C18H26N2O5S/c1-13-11-16(24-3)17(12-14(13)2)26(22,23)20-8-6-19(7-9-20)18(21)15-5-4-10-25-15/h11-12,15H,4-10H2,1-3H3. The zero-order valence-corrected chi connectivity index (χ0v) is 16.3. The van der Waals surface area contributed by atoms with E-state index in [1.807, 2.05) is 13.8 Å². The molecule has 1 atom stereocenters. The van der Waals surface area contributed by atoms with E-state index in [9.17, 15) is 13.2 Å². The smallest absolute Gasteiger partial charge is 0.251 e. The zero-order chi connectivity index (χ0) is 18.9. The van der Waals surface area contributed by atoms with Gasteiger partial charge in [0.25, 0.3) is 5.91 Å². The molecule has 0 saturated carbocycles. The van der Waals surface area contributed by atoms with Gasteiger partial charge in [0.15, 0.2) is 0 Å². The van der Waals surface area contributed by atoms with E-state index in [0.29, 0.717) is 25.4 Å². The molecule has 2 aliphatic rings. The number of sulfonamides is 1. The third kappa shape index (κ3) is 3.58. The molecule has 2 saturated heterocycles. The Morgan fingerprint density at radius 1 is 1.15 bits per heavy atom. The van der Waals surface area contributed by atoms with Gasteiger partial charge in [0.2, 0.25) is 10.0 Å². The molecular weight excluding hydrogens is 356 g/mol. The molecule has 0 aromatic heterocycles. The molecule has 0 aliphatic carbocycles. The van der Waals surface area contributed by atoms with Gasteiger partial charge < -0.3 is 14.4 Å². The highest BCUT2D eigenvalue weighted by atomic mass is 32.2. The van der Waals surface area contributed by atoms with E-state index in [0.717, 1.165) is 24.0 Å². The van der Waals surface area contributed by atoms with Crippen molar-refractivity contribution in [3.63, 3.8) is 0 Å². The van der Waals surface area contributed by atoms with Gasteiger partial charge >= 0.3 is 0 Å². The van der Waals surface area contributed by atoms with Crippen LogP contribution < -0.4 is 4.74 Å². The minimum absolute atomic E-state index is 0.0247. The number of methoxy groups -OCH3 is 1. The van der Waals surface area contributed by atoms with Crippen molar-refractivity contribution in [3.05, 3.63) is 23.3 Å². The maximum absolute atomic E-state index is 13.1. The van der Waals surface area contributed by atoms with Gasteiger partial charge in [0.05, 0.1) is 7.11 Å². The van der Waals surface area contributed by atoms with Gasteiger partial charge in [0.1, 0.15) is 16.7 Å². The lowest BCUT2D eigenvalue weighted by Crippen LogP contribution is -2.52. The average Bonchev–Trinajstić information content (AvgIpc) is 3.17. The third-order valence-corrected chi connectivity index (χ3v) is 7.07. The Balaban J connectivity index is 1.74. The van der Waals surface area contributed by atoms with Crippen LogP contribution in [0.4, 0.5) is 0 Å². The maximum atomic E-state index is 13.1. The maximum Gasteiger partial charge on any atom is 0.251 e. The van der Waals surface area contributed by atoms with Crippen LogP contribution in [0.5, 0.6) is 5.75 Å². The summed E-state index contributed by atoms with van der Waals surface area (Å²) in [6, 6.07) is 3.41. The molecule has 0 bridgehead atoms. The molecule has 0 N–H and O–H groups in total. The molecule has 2 heterocycles. The number of hydrogen-bond acceptors (Lipinski definition) is 5. The van der Waals surface area contributed by atoms with E-state index in [4.69, 9.17) is 9.47 Å². The summed E-state index contributed by atoms with van der Waals surface area (Å²) < 4.78 is 38.3. The minimum Gasteiger partial charge on any atom is -0.495 e. The number of nitrogens with zero attached hydrogens (tertiary/aromatic N) is 2. The monoisotopic (exact) mass is 382 g/mol. The molecule has 1 amide bonds. The molecular formula is C18H26N2O5S. The topological polar surface area (TPSA) is 76.2 Å². The van der Waals surface area contributed by atoms with Crippen molar-refractivity contribution in [3.8, 4) is 5.75 Å². The van der Waals surface area contributed by atoms with Gasteiger partial charge in [-0.25, -0.2) is 8.42 Å². The average molecular weight is 382 g/mol. The number of amides is 1. The fraction of sp³-hybridized carbons (Fsp3) is 0.611. The number of rotatable bonds is 4. The van der Waals surface area contributed by atoms with Gasteiger partial charge in [-0.3, -0.25) is 4.79 Å². The van der Waals surface area contributed by atoms with Crippen molar-refractivity contribution in [1.82, 2.24) is 9.21 Å². The van der Waals surface area contributed by atoms with Gasteiger partial charge in [0, 0.05) is 32.8 Å². The minimum atomic E-state index is -3.67. The third-order valence-electron chi connectivity index (χ3n) is 5.15. The van der Waals surface area contributed by atoms with Crippen molar-refractivity contribution < 1.29 is 22.7 Å². The summed E-state index contributed by atoms with van der Waals surface area (Å²) in [5, 5.41) is 0. The van der Waals surface area contributed by atoms with Crippen LogP contribution in [0.2, 0.25) is 0 Å². The Kier molecular flexibility index (Phi) is 5.55. The highest BCUT2D eigenvalue weighted by molar-refractivity contribution is 7.89. The first-order valence-corrected chi connectivity index (χ1v) is 10.3. The highest BCUT2D eigenvalue weighted by Gasteiger charge is 2.35. The van der Waals surface area contributed by atoms with E-state index in [2.05, 4.69) is 0 Å². The van der Waals surface area contributed by atoms with E-state index in [-0.39, 0.29) is 30.0 Å². The van der Waals surface area contributed by atoms with Crippen LogP contribution in [0.15, 0.2) is 17.0 Å². The molecule has 2 aliphatic heterocycles. The summed E-state index contributed by atoms with van der Waals surface area (Å²) in [6.07, 6.45) is 1.28. The van der Waals surface area contributed by atoms with Crippen LogP contribution in [-0.4, -0.2) is 69.5 Å². The molecule has 1 aromatic carbocycles. The molecule has 8 heteroatoms. The van der Waals surface area contributed by atoms with Crippen molar-refractivity contribution in [2.24, 2.45) is 0 Å². The van der Waals surface area contributed by atoms with E-state index < -0.39 is 10.0 Å². The highest BCUT2D eigenvalue weighted by Crippen LogP contribution is 2.30. The van der Waals surface area contributed by atoms with Crippen molar-refractivity contribution in [1.29, 1.82) is 0 Å². The Bertz CT molecular complexity index is 779. The van der Waals surface area contributed by atoms with Crippen LogP contribution in [-0.2, 0) is 19.6 Å². The van der Waals surface area contributed by atoms with Crippen LogP contribution in [0.3, 0.4) is 0 Å². The summed E-state index contributed by atoms with van der Waals surface area (Å²) in [6.45, 7) is 5.73. The first-order chi connectivity index (χ1) is 12.3. The number of benzene rings is 1. The van der Waals surface area contributed by atoms with Gasteiger partial charge in [-0.15, -0.1) is 0 Å². The lowest BCUT2D eigenvalue weighted by atomic mass is 10.1. The number of hydrogen-bond donors (Lipinski definition) is 0. The lowest BCUT2D eigenvalue weighted by Gasteiger charge is -2.35. The fourth-order valence-electron chi connectivity index (χ4n) is 3.39. The van der Waals surface area contributed by atoms with Crippen LogP contribution in [0.25, 0.3) is 0 Å². The quantitative estimate of drug-likeness (QED) is 0.785. The fourth-order valence-corrected chi connectivity index (χ4v) is 5.03. The second-order valence-corrected chi connectivity index (χ2v) is 8.72. The van der Waals surface area contributed by atoms with E-state index >= 15 is 0 Å². The molecule has 0 spiro atoms. The summed E-state index contributed by atoms with van der Waals surface area (Å²) in [7, 11) is -2.20. The first-order valence-electron chi connectivity index (χ1n) is 8.90. The Morgan fingerprint density at radius 2 is 1.81 bits per heavy atom.